The highest BCUT2D eigenvalue weighted by molar-refractivity contribution is 5.60. The van der Waals surface area contributed by atoms with Crippen molar-refractivity contribution in [3.05, 3.63) is 143 Å². The van der Waals surface area contributed by atoms with E-state index in [-0.39, 0.29) is 57.4 Å². The number of hydrogen-bond donors (Lipinski definition) is 0. The maximum Gasteiger partial charge on any atom is 0.0667 e. The number of rotatable bonds is 8. The van der Waals surface area contributed by atoms with Crippen molar-refractivity contribution in [2.75, 3.05) is 0 Å². The number of hydrogen-bond acceptors (Lipinski definition) is 0. The molecule has 0 amide bonds. The summed E-state index contributed by atoms with van der Waals surface area (Å²) in [5.41, 5.74) is 8.59. The van der Waals surface area contributed by atoms with Crippen molar-refractivity contribution in [2.24, 2.45) is 0 Å². The molecule has 0 nitrogen and oxygen atoms in total. The van der Waals surface area contributed by atoms with Crippen LogP contribution in [0, 0.1) is 20.8 Å². The van der Waals surface area contributed by atoms with Crippen molar-refractivity contribution in [3.8, 4) is 0 Å². The third kappa shape index (κ3) is 9.64. The lowest BCUT2D eigenvalue weighted by molar-refractivity contribution is 0.705. The summed E-state index contributed by atoms with van der Waals surface area (Å²) in [6.07, 6.45) is 10.6. The number of aryl methyl sites for hydroxylation is 3. The molecule has 0 N–H and O–H groups in total. The van der Waals surface area contributed by atoms with Gasteiger partial charge in [0.25, 0.3) is 0 Å². The van der Waals surface area contributed by atoms with Gasteiger partial charge in [-0.3, -0.25) is 0 Å². The monoisotopic (exact) mass is 518 g/mol. The summed E-state index contributed by atoms with van der Waals surface area (Å²) in [5.74, 6) is 0. The average molecular weight is 519 g/mol. The summed E-state index contributed by atoms with van der Waals surface area (Å²) in [6.45, 7) is 12.7. The van der Waals surface area contributed by atoms with Crippen molar-refractivity contribution >= 4 is 0 Å². The van der Waals surface area contributed by atoms with Crippen LogP contribution in [0.25, 0.3) is 0 Å². The van der Waals surface area contributed by atoms with Crippen molar-refractivity contribution in [3.63, 3.8) is 0 Å². The van der Waals surface area contributed by atoms with E-state index in [2.05, 4.69) is 125 Å². The minimum atomic E-state index is -0.388. The second-order valence-electron chi connectivity index (χ2n) is 8.36. The zero-order valence-corrected chi connectivity index (χ0v) is 19.4. The van der Waals surface area contributed by atoms with E-state index in [1.165, 1.54) is 39.0 Å². The highest BCUT2D eigenvalue weighted by atomic mass is 14.4. The summed E-state index contributed by atoms with van der Waals surface area (Å²) < 4.78 is 0. The smallest absolute Gasteiger partial charge is 0.0667 e. The van der Waals surface area contributed by atoms with Crippen LogP contribution in [0.15, 0.2) is 109 Å². The van der Waals surface area contributed by atoms with E-state index >= 15 is 0 Å². The first-order valence-electron chi connectivity index (χ1n) is 11.2. The van der Waals surface area contributed by atoms with Gasteiger partial charge < -0.3 is 0 Å². The van der Waals surface area contributed by atoms with Gasteiger partial charge in [0.05, 0.1) is 5.41 Å². The molecule has 3 aromatic carbocycles. The number of benzene rings is 3. The minimum Gasteiger partial charge on any atom is -0.0991 e. The zero-order chi connectivity index (χ0) is 22.3. The Bertz CT molecular complexity index is 932. The predicted molar refractivity (Wildman–Crippen MR) is 183 cm³/mol. The van der Waals surface area contributed by atoms with Gasteiger partial charge in [-0.2, -0.15) is 0 Å². The number of allylic oxidation sites excluding steroid dienone is 5. The van der Waals surface area contributed by atoms with Crippen molar-refractivity contribution in [2.45, 2.75) is 97.9 Å². The molecule has 0 heteroatoms. The fourth-order valence-electron chi connectivity index (χ4n) is 4.33. The summed E-state index contributed by atoms with van der Waals surface area (Å²) in [5, 5.41) is 0. The molecular weight excluding hydrogens is 456 g/mol. The molecule has 214 valence electrons. The Morgan fingerprint density at radius 2 is 0.895 bits per heavy atom. The van der Waals surface area contributed by atoms with Crippen LogP contribution in [-0.4, -0.2) is 0 Å². The Morgan fingerprint density at radius 1 is 0.579 bits per heavy atom. The molecule has 0 aliphatic rings. The minimum absolute atomic E-state index is 0. The molecule has 3 rings (SSSR count). The third-order valence-corrected chi connectivity index (χ3v) is 5.99. The van der Waals surface area contributed by atoms with E-state index in [1.54, 1.807) is 0 Å². The molecule has 0 spiro atoms. The molecule has 0 radical (unpaired) electrons. The summed E-state index contributed by atoms with van der Waals surface area (Å²) in [4.78, 5) is 0. The molecular formula is C38H62. The Morgan fingerprint density at radius 3 is 1.16 bits per heavy atom. The Kier molecular flexibility index (Phi) is 24.6. The van der Waals surface area contributed by atoms with E-state index in [0.29, 0.717) is 0 Å². The molecule has 0 saturated carbocycles. The van der Waals surface area contributed by atoms with Crippen LogP contribution in [-0.2, 0) is 5.41 Å². The van der Waals surface area contributed by atoms with Crippen molar-refractivity contribution in [1.29, 1.82) is 0 Å². The summed E-state index contributed by atoms with van der Waals surface area (Å²) in [6, 6.07) is 27.1. The van der Waals surface area contributed by atoms with Gasteiger partial charge in [0.2, 0.25) is 0 Å². The highest BCUT2D eigenvalue weighted by Crippen LogP contribution is 2.47. The van der Waals surface area contributed by atoms with Crippen LogP contribution in [0.3, 0.4) is 0 Å². The average Bonchev–Trinajstić information content (AvgIpc) is 2.77. The van der Waals surface area contributed by atoms with E-state index in [1.807, 2.05) is 6.08 Å². The third-order valence-electron chi connectivity index (χ3n) is 5.99. The Hall–Kier alpha value is -3.12. The van der Waals surface area contributed by atoms with Gasteiger partial charge in [0.15, 0.2) is 0 Å². The zero-order valence-electron chi connectivity index (χ0n) is 19.4. The second kappa shape index (κ2) is 20.9. The normalized spacial score (nSPS) is 10.1. The maximum absolute atomic E-state index is 4.07. The van der Waals surface area contributed by atoms with E-state index in [4.69, 9.17) is 0 Å². The molecule has 0 heterocycles. The van der Waals surface area contributed by atoms with Crippen LogP contribution in [0.1, 0.15) is 105 Å². The lowest BCUT2D eigenvalue weighted by Gasteiger charge is -2.39. The molecule has 0 aliphatic heterocycles. The van der Waals surface area contributed by atoms with Crippen molar-refractivity contribution < 1.29 is 0 Å². The predicted octanol–water partition coefficient (Wildman–Crippen LogP) is 12.9. The molecule has 0 fully saturated rings. The van der Waals surface area contributed by atoms with Gasteiger partial charge in [-0.25, -0.2) is 0 Å². The van der Waals surface area contributed by atoms with Crippen LogP contribution in [0.2, 0.25) is 0 Å². The molecule has 0 unspecified atom stereocenters. The van der Waals surface area contributed by atoms with Crippen LogP contribution >= 0.6 is 0 Å². The summed E-state index contributed by atoms with van der Waals surface area (Å²) in [7, 11) is 0. The molecule has 0 saturated heterocycles. The topological polar surface area (TPSA) is 0 Å². The standard InChI is InChI=1S/C31H34.7CH4/c1-6-8-9-11-27(10-7-2)31(28-18-12-24(3)13-19-28,29-20-14-25(4)15-21-29)30-22-16-26(5)17-23-30;;;;;;;/h7-10,12-23H,2,6,11H2,1,3-5H3;7*1H4/b9-8-,27-10+;;;;;;;. The van der Waals surface area contributed by atoms with E-state index < -0.39 is 0 Å². The maximum atomic E-state index is 4.07. The summed E-state index contributed by atoms with van der Waals surface area (Å²) >= 11 is 0. The SMILES string of the molecule is C.C.C.C.C.C.C.C=C/C=C(\C/C=C\CC)C(c1ccc(C)cc1)(c1ccc(C)cc1)c1ccc(C)cc1. The quantitative estimate of drug-likeness (QED) is 0.158. The van der Waals surface area contributed by atoms with Gasteiger partial charge >= 0.3 is 0 Å². The lowest BCUT2D eigenvalue weighted by Crippen LogP contribution is -2.32. The molecule has 0 aromatic heterocycles. The molecule has 3 aromatic rings. The molecule has 38 heavy (non-hydrogen) atoms. The molecule has 0 aliphatic carbocycles. The molecule has 0 atom stereocenters. The first-order chi connectivity index (χ1) is 15.0. The van der Waals surface area contributed by atoms with E-state index in [0.717, 1.165) is 12.8 Å². The fraction of sp³-hybridized carbons (Fsp3) is 0.368. The first kappa shape index (κ1) is 44.8. The Balaban J connectivity index is -0.000000519. The van der Waals surface area contributed by atoms with Crippen LogP contribution in [0.4, 0.5) is 0 Å². The fourth-order valence-corrected chi connectivity index (χ4v) is 4.33. The van der Waals surface area contributed by atoms with Gasteiger partial charge in [-0.1, -0.05) is 179 Å². The highest BCUT2D eigenvalue weighted by Gasteiger charge is 2.39. The Labute approximate surface area is 240 Å². The van der Waals surface area contributed by atoms with Gasteiger partial charge in [-0.15, -0.1) is 0 Å². The van der Waals surface area contributed by atoms with E-state index in [9.17, 15) is 0 Å². The van der Waals surface area contributed by atoms with Crippen molar-refractivity contribution in [1.82, 2.24) is 0 Å². The molecule has 0 bridgehead atoms. The van der Waals surface area contributed by atoms with Gasteiger partial charge in [0.1, 0.15) is 0 Å². The first-order valence-corrected chi connectivity index (χ1v) is 11.2. The van der Waals surface area contributed by atoms with Crippen LogP contribution in [0.5, 0.6) is 0 Å². The second-order valence-corrected chi connectivity index (χ2v) is 8.36. The largest absolute Gasteiger partial charge is 0.0991 e. The van der Waals surface area contributed by atoms with Gasteiger partial charge in [-0.05, 0) is 55.9 Å². The lowest BCUT2D eigenvalue weighted by atomic mass is 9.63. The van der Waals surface area contributed by atoms with Crippen LogP contribution < -0.4 is 0 Å². The van der Waals surface area contributed by atoms with Gasteiger partial charge in [0, 0.05) is 0 Å².